The lowest BCUT2D eigenvalue weighted by Gasteiger charge is -2.25. The van der Waals surface area contributed by atoms with E-state index in [4.69, 9.17) is 0 Å². The van der Waals surface area contributed by atoms with Crippen molar-refractivity contribution in [1.82, 2.24) is 19.9 Å². The van der Waals surface area contributed by atoms with E-state index in [1.165, 1.54) is 56.6 Å². The molecule has 7 nitrogen and oxygen atoms in total. The van der Waals surface area contributed by atoms with Crippen molar-refractivity contribution in [2.75, 3.05) is 5.32 Å². The second-order valence-electron chi connectivity index (χ2n) is 8.22. The van der Waals surface area contributed by atoms with E-state index < -0.39 is 18.0 Å². The molecule has 5 aromatic rings. The molecule has 1 aromatic carbocycles. The molecular formula is C25H18F4N6O. The molecule has 0 aliphatic heterocycles. The van der Waals surface area contributed by atoms with Crippen molar-refractivity contribution in [3.63, 3.8) is 0 Å². The van der Waals surface area contributed by atoms with Crippen LogP contribution in [0.2, 0.25) is 0 Å². The first kappa shape index (κ1) is 23.3. The average molecular weight is 494 g/mol. The summed E-state index contributed by atoms with van der Waals surface area (Å²) < 4.78 is 58.7. The number of benzene rings is 1. The fourth-order valence-corrected chi connectivity index (χ4v) is 4.10. The Hall–Kier alpha value is -4.41. The molecule has 0 spiro atoms. The van der Waals surface area contributed by atoms with Gasteiger partial charge in [-0.1, -0.05) is 0 Å². The Kier molecular flexibility index (Phi) is 5.62. The molecule has 4 heterocycles. The van der Waals surface area contributed by atoms with E-state index >= 15 is 0 Å². The highest BCUT2D eigenvalue weighted by Crippen LogP contribution is 2.41. The number of aryl methyl sites for hydroxylation is 1. The van der Waals surface area contributed by atoms with Gasteiger partial charge in [0.1, 0.15) is 17.7 Å². The smallest absolute Gasteiger partial charge is 0.412 e. The van der Waals surface area contributed by atoms with Crippen LogP contribution < -0.4 is 10.0 Å². The molecule has 0 fully saturated rings. The molecule has 0 saturated carbocycles. The Morgan fingerprint density at radius 3 is 2.58 bits per heavy atom. The van der Waals surface area contributed by atoms with Gasteiger partial charge in [-0.15, -0.1) is 0 Å². The number of nitrogens with one attached hydrogen (secondary N) is 1. The minimum atomic E-state index is -4.80. The topological polar surface area (TPSA) is 90.5 Å². The summed E-state index contributed by atoms with van der Waals surface area (Å²) in [4.78, 5) is 16.6. The summed E-state index contributed by atoms with van der Waals surface area (Å²) in [5, 5.41) is 15.1. The van der Waals surface area contributed by atoms with Gasteiger partial charge in [0, 0.05) is 35.7 Å². The van der Waals surface area contributed by atoms with Crippen molar-refractivity contribution in [3.05, 3.63) is 89.0 Å². The molecule has 1 atom stereocenters. The van der Waals surface area contributed by atoms with E-state index in [1.807, 2.05) is 0 Å². The van der Waals surface area contributed by atoms with E-state index in [2.05, 4.69) is 25.3 Å². The summed E-state index contributed by atoms with van der Waals surface area (Å²) >= 11 is 0. The third-order valence-electron chi connectivity index (χ3n) is 5.98. The fraction of sp³-hybridized carbons (Fsp3) is 0.160. The molecule has 0 aliphatic carbocycles. The maximum absolute atomic E-state index is 14.6. The third-order valence-corrected chi connectivity index (χ3v) is 5.98. The number of aromatic nitrogens is 5. The molecule has 0 amide bonds. The standard InChI is InChI=1S/C25H18F4N6O/c1-13-18(26)8-7-15-11-17(21(33-20(13)15)16-5-4-10-35(36)14(16)2)23(25(27,28)29)34-24-22-19(31-12-32-24)6-3-9-30-22/h3-12,23H,1-2H3,(H,31,32,34)/t23-/m1/s1. The third kappa shape index (κ3) is 4.02. The number of fused-ring (bicyclic) bond motifs is 2. The second-order valence-corrected chi connectivity index (χ2v) is 8.22. The summed E-state index contributed by atoms with van der Waals surface area (Å²) in [7, 11) is 0. The highest BCUT2D eigenvalue weighted by atomic mass is 19.4. The summed E-state index contributed by atoms with van der Waals surface area (Å²) in [6, 6.07) is 7.73. The van der Waals surface area contributed by atoms with E-state index in [1.54, 1.807) is 12.1 Å². The molecule has 5 rings (SSSR count). The Morgan fingerprint density at radius 2 is 1.81 bits per heavy atom. The number of pyridine rings is 3. The molecule has 4 aromatic heterocycles. The van der Waals surface area contributed by atoms with Crippen LogP contribution in [0.15, 0.2) is 61.2 Å². The number of anilines is 1. The molecule has 0 saturated heterocycles. The van der Waals surface area contributed by atoms with E-state index in [9.17, 15) is 22.8 Å². The van der Waals surface area contributed by atoms with Gasteiger partial charge in [-0.3, -0.25) is 4.98 Å². The first-order valence-electron chi connectivity index (χ1n) is 10.8. The number of hydrogen-bond donors (Lipinski definition) is 1. The molecule has 0 unspecified atom stereocenters. The maximum atomic E-state index is 14.6. The van der Waals surface area contributed by atoms with Gasteiger partial charge in [-0.25, -0.2) is 19.3 Å². The van der Waals surface area contributed by atoms with Crippen LogP contribution in [0.5, 0.6) is 0 Å². The van der Waals surface area contributed by atoms with Crippen molar-refractivity contribution in [2.45, 2.75) is 26.1 Å². The predicted molar refractivity (Wildman–Crippen MR) is 125 cm³/mol. The molecule has 11 heteroatoms. The van der Waals surface area contributed by atoms with Gasteiger partial charge in [0.05, 0.1) is 22.3 Å². The van der Waals surface area contributed by atoms with Crippen LogP contribution in [0, 0.1) is 24.9 Å². The summed E-state index contributed by atoms with van der Waals surface area (Å²) in [5.74, 6) is -0.658. The van der Waals surface area contributed by atoms with Crippen LogP contribution in [0.25, 0.3) is 33.2 Å². The van der Waals surface area contributed by atoms with Crippen molar-refractivity contribution < 1.29 is 22.3 Å². The van der Waals surface area contributed by atoms with Gasteiger partial charge in [-0.2, -0.15) is 17.9 Å². The zero-order chi connectivity index (χ0) is 25.6. The molecule has 0 radical (unpaired) electrons. The SMILES string of the molecule is Cc1c(F)ccc2cc([C@@H](Nc3ncnc4cccnc34)C(F)(F)F)c(-c3ccc[n+]([O-])c3C)nc12. The van der Waals surface area contributed by atoms with Crippen LogP contribution in [0.1, 0.15) is 22.9 Å². The van der Waals surface area contributed by atoms with Gasteiger partial charge in [0.2, 0.25) is 0 Å². The minimum Gasteiger partial charge on any atom is -0.618 e. The number of alkyl halides is 3. The van der Waals surface area contributed by atoms with Crippen LogP contribution >= 0.6 is 0 Å². The molecule has 0 aliphatic rings. The van der Waals surface area contributed by atoms with Gasteiger partial charge < -0.3 is 10.5 Å². The number of hydrogen-bond acceptors (Lipinski definition) is 6. The average Bonchev–Trinajstić information content (AvgIpc) is 2.85. The van der Waals surface area contributed by atoms with Gasteiger partial charge in [0.25, 0.3) is 0 Å². The van der Waals surface area contributed by atoms with Gasteiger partial charge >= 0.3 is 6.18 Å². The van der Waals surface area contributed by atoms with Crippen LogP contribution in [-0.4, -0.2) is 26.1 Å². The first-order chi connectivity index (χ1) is 17.1. The fourth-order valence-electron chi connectivity index (χ4n) is 4.10. The van der Waals surface area contributed by atoms with E-state index in [0.29, 0.717) is 15.6 Å². The van der Waals surface area contributed by atoms with Gasteiger partial charge in [0.15, 0.2) is 23.8 Å². The zero-order valence-corrected chi connectivity index (χ0v) is 19.0. The molecule has 36 heavy (non-hydrogen) atoms. The van der Waals surface area contributed by atoms with Crippen molar-refractivity contribution in [2.24, 2.45) is 0 Å². The lowest BCUT2D eigenvalue weighted by atomic mass is 9.95. The summed E-state index contributed by atoms with van der Waals surface area (Å²) in [6.07, 6.45) is -0.989. The highest BCUT2D eigenvalue weighted by molar-refractivity contribution is 5.88. The molecular weight excluding hydrogens is 476 g/mol. The lowest BCUT2D eigenvalue weighted by molar-refractivity contribution is -0.611. The van der Waals surface area contributed by atoms with Crippen LogP contribution in [0.4, 0.5) is 23.4 Å². The quantitative estimate of drug-likeness (QED) is 0.206. The Bertz CT molecular complexity index is 1620. The molecule has 182 valence electrons. The summed E-state index contributed by atoms with van der Waals surface area (Å²) in [5.41, 5.74) is 0.902. The second kappa shape index (κ2) is 8.67. The highest BCUT2D eigenvalue weighted by Gasteiger charge is 2.43. The monoisotopic (exact) mass is 494 g/mol. The summed E-state index contributed by atoms with van der Waals surface area (Å²) in [6.45, 7) is 2.98. The number of nitrogens with zero attached hydrogens (tertiary/aromatic N) is 5. The number of halogens is 4. The largest absolute Gasteiger partial charge is 0.618 e. The Balaban J connectivity index is 1.79. The zero-order valence-electron chi connectivity index (χ0n) is 19.0. The Labute approximate surface area is 202 Å². The first-order valence-corrected chi connectivity index (χ1v) is 10.8. The normalized spacial score (nSPS) is 12.7. The maximum Gasteiger partial charge on any atom is 0.412 e. The van der Waals surface area contributed by atoms with Crippen LogP contribution in [-0.2, 0) is 0 Å². The van der Waals surface area contributed by atoms with E-state index in [-0.39, 0.29) is 44.9 Å². The van der Waals surface area contributed by atoms with Crippen molar-refractivity contribution in [3.8, 4) is 11.3 Å². The van der Waals surface area contributed by atoms with Crippen LogP contribution in [0.3, 0.4) is 0 Å². The Morgan fingerprint density at radius 1 is 1.00 bits per heavy atom. The van der Waals surface area contributed by atoms with Crippen molar-refractivity contribution >= 4 is 27.8 Å². The van der Waals surface area contributed by atoms with E-state index in [0.717, 1.165) is 6.33 Å². The molecule has 1 N–H and O–H groups in total. The predicted octanol–water partition coefficient (Wildman–Crippen LogP) is 5.34. The lowest BCUT2D eigenvalue weighted by Crippen LogP contribution is -2.31. The molecule has 0 bridgehead atoms. The number of rotatable bonds is 4. The van der Waals surface area contributed by atoms with Gasteiger partial charge in [-0.05, 0) is 43.3 Å². The van der Waals surface area contributed by atoms with Crippen molar-refractivity contribution in [1.29, 1.82) is 0 Å². The minimum absolute atomic E-state index is 0.0972.